The van der Waals surface area contributed by atoms with Gasteiger partial charge in [0.15, 0.2) is 0 Å². The molecule has 2 heterocycles. The van der Waals surface area contributed by atoms with Crippen LogP contribution in [0.4, 0.5) is 5.69 Å². The van der Waals surface area contributed by atoms with Crippen molar-refractivity contribution in [1.29, 1.82) is 0 Å². The summed E-state index contributed by atoms with van der Waals surface area (Å²) in [7, 11) is 1.53. The summed E-state index contributed by atoms with van der Waals surface area (Å²) in [5.74, 6) is -1.54. The van der Waals surface area contributed by atoms with Gasteiger partial charge in [0, 0.05) is 36.6 Å². The van der Waals surface area contributed by atoms with E-state index in [1.807, 2.05) is 0 Å². The van der Waals surface area contributed by atoms with E-state index in [0.717, 1.165) is 11.6 Å². The number of Topliss-reactive ketones (excluding diaryl/α,β-unsaturated/α-hetero) is 1. The zero-order valence-corrected chi connectivity index (χ0v) is 17.5. The van der Waals surface area contributed by atoms with Crippen LogP contribution in [0, 0.1) is 10.1 Å². The average molecular weight is 445 g/mol. The molecular weight excluding hydrogens is 426 g/mol. The molecule has 1 unspecified atom stereocenters. The van der Waals surface area contributed by atoms with E-state index in [-0.39, 0.29) is 23.4 Å². The minimum atomic E-state index is -0.904. The molecule has 1 aliphatic heterocycles. The van der Waals surface area contributed by atoms with Crippen molar-refractivity contribution in [2.45, 2.75) is 12.6 Å². The SMILES string of the molecule is COc1cccc(CN2C(=O)C(=O)/C(=C(\O)c3cccc([N+](=O)[O-])c3)C2c2ccncc2)c1. The van der Waals surface area contributed by atoms with Crippen molar-refractivity contribution in [3.8, 4) is 5.75 Å². The Hall–Kier alpha value is -4.53. The van der Waals surface area contributed by atoms with E-state index >= 15 is 0 Å². The molecule has 1 fully saturated rings. The normalized spacial score (nSPS) is 17.2. The average Bonchev–Trinajstić information content (AvgIpc) is 3.09. The second-order valence-electron chi connectivity index (χ2n) is 7.37. The van der Waals surface area contributed by atoms with Gasteiger partial charge in [-0.15, -0.1) is 0 Å². The highest BCUT2D eigenvalue weighted by atomic mass is 16.6. The minimum absolute atomic E-state index is 0.0719. The number of methoxy groups -OCH3 is 1. The number of pyridine rings is 1. The van der Waals surface area contributed by atoms with E-state index in [2.05, 4.69) is 4.98 Å². The number of amides is 1. The van der Waals surface area contributed by atoms with Crippen LogP contribution < -0.4 is 4.74 Å². The Labute approximate surface area is 188 Å². The smallest absolute Gasteiger partial charge is 0.295 e. The van der Waals surface area contributed by atoms with Crippen molar-refractivity contribution in [3.63, 3.8) is 0 Å². The molecule has 0 radical (unpaired) electrons. The first-order chi connectivity index (χ1) is 15.9. The third-order valence-electron chi connectivity index (χ3n) is 5.38. The third kappa shape index (κ3) is 4.16. The van der Waals surface area contributed by atoms with Gasteiger partial charge >= 0.3 is 0 Å². The minimum Gasteiger partial charge on any atom is -0.507 e. The maximum absolute atomic E-state index is 13.1. The maximum atomic E-state index is 13.1. The van der Waals surface area contributed by atoms with Crippen LogP contribution in [0.5, 0.6) is 5.75 Å². The number of rotatable bonds is 6. The first-order valence-corrected chi connectivity index (χ1v) is 9.97. The fourth-order valence-electron chi connectivity index (χ4n) is 3.83. The predicted molar refractivity (Wildman–Crippen MR) is 118 cm³/mol. The van der Waals surface area contributed by atoms with Crippen molar-refractivity contribution in [3.05, 3.63) is 105 Å². The first kappa shape index (κ1) is 21.7. The van der Waals surface area contributed by atoms with E-state index in [4.69, 9.17) is 4.74 Å². The number of ether oxygens (including phenoxy) is 1. The van der Waals surface area contributed by atoms with Crippen LogP contribution >= 0.6 is 0 Å². The highest BCUT2D eigenvalue weighted by molar-refractivity contribution is 6.46. The number of ketones is 1. The number of non-ortho nitro benzene ring substituents is 1. The molecule has 1 saturated heterocycles. The van der Waals surface area contributed by atoms with Crippen LogP contribution in [0.2, 0.25) is 0 Å². The number of carbonyl (C=O) groups is 2. The van der Waals surface area contributed by atoms with E-state index in [9.17, 15) is 24.8 Å². The number of hydrogen-bond acceptors (Lipinski definition) is 7. The number of nitro groups is 1. The van der Waals surface area contributed by atoms with Gasteiger partial charge in [-0.05, 0) is 35.4 Å². The number of hydrogen-bond donors (Lipinski definition) is 1. The molecule has 0 saturated carbocycles. The zero-order chi connectivity index (χ0) is 23.5. The molecule has 33 heavy (non-hydrogen) atoms. The second-order valence-corrected chi connectivity index (χ2v) is 7.37. The van der Waals surface area contributed by atoms with E-state index in [0.29, 0.717) is 11.3 Å². The fraction of sp³-hybridized carbons (Fsp3) is 0.125. The largest absolute Gasteiger partial charge is 0.507 e. The lowest BCUT2D eigenvalue weighted by molar-refractivity contribution is -0.384. The Morgan fingerprint density at radius 1 is 1.12 bits per heavy atom. The van der Waals surface area contributed by atoms with Crippen molar-refractivity contribution in [1.82, 2.24) is 9.88 Å². The van der Waals surface area contributed by atoms with Gasteiger partial charge in [0.2, 0.25) is 0 Å². The van der Waals surface area contributed by atoms with Gasteiger partial charge in [0.25, 0.3) is 17.4 Å². The summed E-state index contributed by atoms with van der Waals surface area (Å²) in [5, 5.41) is 22.2. The molecule has 0 bridgehead atoms. The quantitative estimate of drug-likeness (QED) is 0.202. The summed E-state index contributed by atoms with van der Waals surface area (Å²) in [5.41, 5.74) is 0.979. The van der Waals surface area contributed by atoms with Crippen LogP contribution in [-0.2, 0) is 16.1 Å². The first-order valence-electron chi connectivity index (χ1n) is 9.97. The number of nitrogens with zero attached hydrogens (tertiary/aromatic N) is 3. The van der Waals surface area contributed by atoms with Crippen molar-refractivity contribution >= 4 is 23.1 Å². The van der Waals surface area contributed by atoms with E-state index in [1.165, 1.54) is 42.6 Å². The van der Waals surface area contributed by atoms with Crippen LogP contribution in [0.15, 0.2) is 78.6 Å². The van der Waals surface area contributed by atoms with Crippen LogP contribution in [0.1, 0.15) is 22.7 Å². The lowest BCUT2D eigenvalue weighted by atomic mass is 9.95. The lowest BCUT2D eigenvalue weighted by Crippen LogP contribution is -2.29. The van der Waals surface area contributed by atoms with Gasteiger partial charge in [-0.1, -0.05) is 24.3 Å². The lowest BCUT2D eigenvalue weighted by Gasteiger charge is -2.25. The molecule has 1 aliphatic rings. The van der Waals surface area contributed by atoms with Crippen molar-refractivity contribution < 1.29 is 24.4 Å². The molecule has 2 aromatic carbocycles. The highest BCUT2D eigenvalue weighted by Gasteiger charge is 2.46. The molecule has 166 valence electrons. The van der Waals surface area contributed by atoms with Crippen LogP contribution in [0.3, 0.4) is 0 Å². The standard InChI is InChI=1S/C24H19N3O6/c1-33-19-7-2-4-15(12-19)14-26-21(16-8-10-25-11-9-16)20(23(29)24(26)30)22(28)17-5-3-6-18(13-17)27(31)32/h2-13,21,28H,14H2,1H3/b22-20-. The molecule has 1 amide bonds. The number of likely N-dealkylation sites (tertiary alicyclic amines) is 1. The number of aliphatic hydroxyl groups excluding tert-OH is 1. The Balaban J connectivity index is 1.85. The summed E-state index contributed by atoms with van der Waals surface area (Å²) in [6, 6.07) is 14.8. The summed E-state index contributed by atoms with van der Waals surface area (Å²) in [6.07, 6.45) is 3.04. The maximum Gasteiger partial charge on any atom is 0.295 e. The Bertz CT molecular complexity index is 1270. The predicted octanol–water partition coefficient (Wildman–Crippen LogP) is 3.62. The molecule has 9 heteroatoms. The monoisotopic (exact) mass is 445 g/mol. The topological polar surface area (TPSA) is 123 Å². The number of aliphatic hydroxyl groups is 1. The molecular formula is C24H19N3O6. The number of benzene rings is 2. The summed E-state index contributed by atoms with van der Waals surface area (Å²) < 4.78 is 5.24. The Morgan fingerprint density at radius 3 is 2.55 bits per heavy atom. The summed E-state index contributed by atoms with van der Waals surface area (Å²) in [4.78, 5) is 42.0. The Morgan fingerprint density at radius 2 is 1.85 bits per heavy atom. The number of nitro benzene ring substituents is 1. The van der Waals surface area contributed by atoms with Gasteiger partial charge in [-0.25, -0.2) is 0 Å². The zero-order valence-electron chi connectivity index (χ0n) is 17.5. The second kappa shape index (κ2) is 8.91. The molecule has 0 aliphatic carbocycles. The van der Waals surface area contributed by atoms with Gasteiger partial charge in [-0.3, -0.25) is 24.7 Å². The van der Waals surface area contributed by atoms with Crippen LogP contribution in [0.25, 0.3) is 5.76 Å². The molecule has 9 nitrogen and oxygen atoms in total. The number of carbonyl (C=O) groups excluding carboxylic acids is 2. The summed E-state index contributed by atoms with van der Waals surface area (Å²) >= 11 is 0. The molecule has 1 atom stereocenters. The van der Waals surface area contributed by atoms with Crippen molar-refractivity contribution in [2.24, 2.45) is 0 Å². The summed E-state index contributed by atoms with van der Waals surface area (Å²) in [6.45, 7) is 0.0838. The van der Waals surface area contributed by atoms with Crippen molar-refractivity contribution in [2.75, 3.05) is 7.11 Å². The number of aromatic nitrogens is 1. The fourth-order valence-corrected chi connectivity index (χ4v) is 3.83. The van der Waals surface area contributed by atoms with Gasteiger partial charge in [0.1, 0.15) is 11.5 Å². The van der Waals surface area contributed by atoms with Gasteiger partial charge in [-0.2, -0.15) is 0 Å². The van der Waals surface area contributed by atoms with Gasteiger partial charge < -0.3 is 14.7 Å². The highest BCUT2D eigenvalue weighted by Crippen LogP contribution is 2.40. The third-order valence-corrected chi connectivity index (χ3v) is 5.38. The molecule has 4 rings (SSSR count). The Kier molecular flexibility index (Phi) is 5.86. The van der Waals surface area contributed by atoms with E-state index < -0.39 is 28.4 Å². The molecule has 0 spiro atoms. The molecule has 1 aromatic heterocycles. The molecule has 1 N–H and O–H groups in total. The van der Waals surface area contributed by atoms with Gasteiger partial charge in [0.05, 0.1) is 23.6 Å². The molecule has 3 aromatic rings. The van der Waals surface area contributed by atoms with Crippen LogP contribution in [-0.4, -0.2) is 38.7 Å². The van der Waals surface area contributed by atoms with E-state index in [1.54, 1.807) is 36.4 Å².